The minimum absolute atomic E-state index is 0. The van der Waals surface area contributed by atoms with Crippen molar-refractivity contribution in [1.82, 2.24) is 19.1 Å². The molecule has 0 aliphatic heterocycles. The van der Waals surface area contributed by atoms with E-state index < -0.39 is 11.8 Å². The Labute approximate surface area is 325 Å². The van der Waals surface area contributed by atoms with Gasteiger partial charge in [0.1, 0.15) is 5.82 Å². The van der Waals surface area contributed by atoms with Crippen molar-refractivity contribution in [2.24, 2.45) is 0 Å². The number of fused-ring (bicyclic) bond motifs is 3. The van der Waals surface area contributed by atoms with Crippen LogP contribution in [-0.4, -0.2) is 19.1 Å². The van der Waals surface area contributed by atoms with Crippen LogP contribution < -0.4 is 9.30 Å². The van der Waals surface area contributed by atoms with Gasteiger partial charge in [0.25, 0.3) is 6.33 Å². The first kappa shape index (κ1) is 34.5. The third-order valence-electron chi connectivity index (χ3n) is 9.82. The SMILES string of the molecule is [2H]C(CC)(CC)c1cc(-[n+]2[c-]n(-c3[c-]c(Oc4[c-]c5c(cc4)c4ccccc4n5-c4cc(C(C)(C)C)ccn4)cnc3)cc2)cc(C([2H])(CC)CC)c1.[Pt]. The summed E-state index contributed by atoms with van der Waals surface area (Å²) in [5.74, 6) is 0.344. The molecule has 7 aromatic rings. The minimum atomic E-state index is -0.735. The van der Waals surface area contributed by atoms with Gasteiger partial charge in [-0.05, 0) is 107 Å². The Morgan fingerprint density at radius 2 is 1.54 bits per heavy atom. The topological polar surface area (TPSA) is 48.8 Å². The van der Waals surface area contributed by atoms with Gasteiger partial charge in [-0.3, -0.25) is 4.57 Å². The summed E-state index contributed by atoms with van der Waals surface area (Å²) < 4.78 is 30.7. The second-order valence-corrected chi connectivity index (χ2v) is 14.0. The van der Waals surface area contributed by atoms with Gasteiger partial charge in [-0.25, -0.2) is 4.98 Å². The van der Waals surface area contributed by atoms with Gasteiger partial charge in [0.05, 0.1) is 5.69 Å². The maximum Gasteiger partial charge on any atom is 0.267 e. The number of hydrogen-bond donors (Lipinski definition) is 0. The summed E-state index contributed by atoms with van der Waals surface area (Å²) in [5.41, 5.74) is 6.48. The summed E-state index contributed by atoms with van der Waals surface area (Å²) in [7, 11) is 0. The van der Waals surface area contributed by atoms with E-state index in [1.165, 1.54) is 5.56 Å². The van der Waals surface area contributed by atoms with E-state index in [9.17, 15) is 2.74 Å². The third-order valence-corrected chi connectivity index (χ3v) is 9.82. The Kier molecular flexibility index (Phi) is 10.4. The van der Waals surface area contributed by atoms with Crippen LogP contribution in [0.1, 0.15) is 105 Å². The maximum atomic E-state index is 9.23. The molecule has 4 aromatic heterocycles. The molecule has 0 saturated heterocycles. The van der Waals surface area contributed by atoms with Gasteiger partial charge in [-0.2, -0.15) is 6.07 Å². The van der Waals surface area contributed by atoms with Crippen molar-refractivity contribution < 1.29 is 33.1 Å². The molecule has 0 aliphatic rings. The monoisotopic (exact) mass is 870 g/mol. The van der Waals surface area contributed by atoms with E-state index in [1.54, 1.807) is 12.4 Å². The molecule has 3 aromatic carbocycles. The second-order valence-electron chi connectivity index (χ2n) is 14.0. The molecular formula is C45H47N5OPt-2. The molecular weight excluding hydrogens is 822 g/mol. The van der Waals surface area contributed by atoms with Gasteiger partial charge >= 0.3 is 0 Å². The van der Waals surface area contributed by atoms with Crippen LogP contribution in [0.5, 0.6) is 11.5 Å². The van der Waals surface area contributed by atoms with Crippen molar-refractivity contribution in [2.45, 2.75) is 91.4 Å². The Morgan fingerprint density at radius 3 is 2.23 bits per heavy atom. The van der Waals surface area contributed by atoms with Gasteiger partial charge in [0.2, 0.25) is 0 Å². The second kappa shape index (κ2) is 15.6. The van der Waals surface area contributed by atoms with Crippen LogP contribution in [0.3, 0.4) is 0 Å². The molecule has 4 heterocycles. The van der Waals surface area contributed by atoms with Gasteiger partial charge in [-0.15, -0.1) is 23.6 Å². The molecule has 7 rings (SSSR count). The van der Waals surface area contributed by atoms with E-state index in [1.807, 2.05) is 39.9 Å². The number of benzene rings is 3. The van der Waals surface area contributed by atoms with Crippen LogP contribution >= 0.6 is 0 Å². The van der Waals surface area contributed by atoms with Crippen molar-refractivity contribution in [1.29, 1.82) is 0 Å². The molecule has 6 nitrogen and oxygen atoms in total. The number of ether oxygens (including phenoxy) is 1. The molecule has 0 amide bonds. The van der Waals surface area contributed by atoms with Crippen LogP contribution in [-0.2, 0) is 26.5 Å². The largest absolute Gasteiger partial charge is 0.508 e. The Hall–Kier alpha value is -4.54. The first-order valence-corrected chi connectivity index (χ1v) is 18.1. The Balaban J connectivity index is 0.00000497. The van der Waals surface area contributed by atoms with Crippen molar-refractivity contribution in [3.05, 3.63) is 133 Å². The van der Waals surface area contributed by atoms with Gasteiger partial charge in [0.15, 0.2) is 0 Å². The van der Waals surface area contributed by atoms with E-state index in [2.05, 4.69) is 131 Å². The number of imidazole rings is 1. The molecule has 0 N–H and O–H groups in total. The Bertz CT molecular complexity index is 2380. The van der Waals surface area contributed by atoms with E-state index in [-0.39, 0.29) is 26.5 Å². The summed E-state index contributed by atoms with van der Waals surface area (Å²) >= 11 is 0. The molecule has 0 spiro atoms. The number of aromatic nitrogens is 5. The van der Waals surface area contributed by atoms with Crippen molar-refractivity contribution in [3.63, 3.8) is 0 Å². The van der Waals surface area contributed by atoms with E-state index in [0.717, 1.165) is 44.4 Å². The molecule has 0 radical (unpaired) electrons. The molecule has 0 bridgehead atoms. The zero-order valence-electron chi connectivity index (χ0n) is 33.0. The minimum Gasteiger partial charge on any atom is -0.508 e. The summed E-state index contributed by atoms with van der Waals surface area (Å²) in [6.45, 7) is 14.9. The molecule has 0 aliphatic carbocycles. The summed E-state index contributed by atoms with van der Waals surface area (Å²) in [6.07, 6.45) is 15.2. The molecule has 0 unspecified atom stereocenters. The van der Waals surface area contributed by atoms with Gasteiger partial charge in [0, 0.05) is 59.4 Å². The van der Waals surface area contributed by atoms with Crippen LogP contribution in [0.25, 0.3) is 39.0 Å². The van der Waals surface area contributed by atoms with Crippen LogP contribution in [0.15, 0.2) is 97.7 Å². The van der Waals surface area contributed by atoms with Crippen molar-refractivity contribution in [3.8, 4) is 28.7 Å². The van der Waals surface area contributed by atoms with E-state index in [0.29, 0.717) is 42.9 Å². The van der Waals surface area contributed by atoms with Gasteiger partial charge < -0.3 is 18.9 Å². The average molecular weight is 871 g/mol. The molecule has 0 fully saturated rings. The molecule has 0 saturated carbocycles. The standard InChI is InChI=1S/C45H47N5O.Pt/c1-8-31(9-2)33-22-34(32(10-3)11-4)24-36(23-33)48-20-21-49(30-48)37-26-39(29-46-28-37)51-38-16-17-41-40-14-12-13-15-42(40)50(43(41)27-38)44-25-35(18-19-47-44)45(5,6)7;/h12-25,28-29,31-32H,8-11H2,1-7H3;/q-2;/i31D,32D;. The smallest absolute Gasteiger partial charge is 0.267 e. The number of hydrogen-bond acceptors (Lipinski definition) is 3. The first-order chi connectivity index (χ1) is 25.4. The van der Waals surface area contributed by atoms with Crippen LogP contribution in [0, 0.1) is 18.5 Å². The molecule has 0 atom stereocenters. The predicted octanol–water partition coefficient (Wildman–Crippen LogP) is 10.9. The van der Waals surface area contributed by atoms with Crippen LogP contribution in [0.4, 0.5) is 0 Å². The van der Waals surface area contributed by atoms with Crippen molar-refractivity contribution >= 4 is 21.8 Å². The number of para-hydroxylation sites is 1. The first-order valence-electron chi connectivity index (χ1n) is 19.1. The van der Waals surface area contributed by atoms with Crippen molar-refractivity contribution in [2.75, 3.05) is 0 Å². The zero-order chi connectivity index (χ0) is 37.5. The van der Waals surface area contributed by atoms with Crippen LogP contribution in [0.2, 0.25) is 0 Å². The fraction of sp³-hybridized carbons (Fsp3) is 0.311. The molecule has 7 heteroatoms. The number of rotatable bonds is 11. The van der Waals surface area contributed by atoms with E-state index >= 15 is 0 Å². The summed E-state index contributed by atoms with van der Waals surface area (Å²) in [5, 5.41) is 2.18. The predicted molar refractivity (Wildman–Crippen MR) is 206 cm³/mol. The maximum absolute atomic E-state index is 9.23. The number of nitrogens with zero attached hydrogens (tertiary/aromatic N) is 5. The normalized spacial score (nSPS) is 12.8. The van der Waals surface area contributed by atoms with Gasteiger partial charge in [-0.1, -0.05) is 84.4 Å². The van der Waals surface area contributed by atoms with E-state index in [4.69, 9.17) is 9.72 Å². The number of pyridine rings is 2. The fourth-order valence-corrected chi connectivity index (χ4v) is 6.91. The molecule has 270 valence electrons. The Morgan fingerprint density at radius 1 is 0.827 bits per heavy atom. The fourth-order valence-electron chi connectivity index (χ4n) is 6.91. The summed E-state index contributed by atoms with van der Waals surface area (Å²) in [4.78, 5) is 9.27. The third kappa shape index (κ3) is 7.36. The molecule has 52 heavy (non-hydrogen) atoms. The average Bonchev–Trinajstić information content (AvgIpc) is 3.80. The zero-order valence-corrected chi connectivity index (χ0v) is 33.3. The quantitative estimate of drug-likeness (QED) is 0.0961. The summed E-state index contributed by atoms with van der Waals surface area (Å²) in [6, 6.07) is 29.7.